The van der Waals surface area contributed by atoms with E-state index in [2.05, 4.69) is 4.99 Å². The highest BCUT2D eigenvalue weighted by molar-refractivity contribution is 8.18. The van der Waals surface area contributed by atoms with Crippen LogP contribution in [0.2, 0.25) is 5.02 Å². The molecule has 0 aliphatic carbocycles. The molecule has 0 unspecified atom stereocenters. The van der Waals surface area contributed by atoms with Gasteiger partial charge in [-0.2, -0.15) is 0 Å². The molecule has 1 aliphatic heterocycles. The number of nitrogens with zero attached hydrogens (tertiary/aromatic N) is 2. The van der Waals surface area contributed by atoms with Crippen molar-refractivity contribution in [3.8, 4) is 11.5 Å². The minimum atomic E-state index is -0.138. The largest absolute Gasteiger partial charge is 0.506 e. The molecule has 5 nitrogen and oxygen atoms in total. The van der Waals surface area contributed by atoms with E-state index in [0.29, 0.717) is 10.1 Å². The lowest BCUT2D eigenvalue weighted by molar-refractivity contribution is -0.121. The van der Waals surface area contributed by atoms with Crippen LogP contribution in [0.4, 0.5) is 5.69 Å². The van der Waals surface area contributed by atoms with E-state index >= 15 is 0 Å². The maximum atomic E-state index is 12.4. The second-order valence-corrected chi connectivity index (χ2v) is 6.69. The fourth-order valence-corrected chi connectivity index (χ4v) is 3.36. The van der Waals surface area contributed by atoms with E-state index in [1.807, 2.05) is 24.3 Å². The molecule has 0 aromatic heterocycles. The molecule has 25 heavy (non-hydrogen) atoms. The zero-order chi connectivity index (χ0) is 18.0. The van der Waals surface area contributed by atoms with Gasteiger partial charge in [-0.05, 0) is 59.8 Å². The summed E-state index contributed by atoms with van der Waals surface area (Å²) in [5.41, 5.74) is 1.47. The first-order valence-electron chi connectivity index (χ1n) is 7.37. The normalized spacial score (nSPS) is 17.6. The molecular weight excluding hydrogens is 360 g/mol. The molecule has 7 heteroatoms. The molecule has 0 bridgehead atoms. The monoisotopic (exact) mass is 374 g/mol. The molecule has 0 saturated carbocycles. The van der Waals surface area contributed by atoms with Crippen LogP contribution in [0.1, 0.15) is 5.56 Å². The third-order valence-electron chi connectivity index (χ3n) is 3.57. The van der Waals surface area contributed by atoms with Gasteiger partial charge in [-0.1, -0.05) is 17.7 Å². The molecule has 1 aliphatic rings. The Morgan fingerprint density at radius 1 is 1.24 bits per heavy atom. The lowest BCUT2D eigenvalue weighted by atomic mass is 10.2. The van der Waals surface area contributed by atoms with Crippen LogP contribution in [0.15, 0.2) is 52.4 Å². The minimum Gasteiger partial charge on any atom is -0.506 e. The number of likely N-dealkylation sites (N-methyl/N-ethyl adjacent to an activating group) is 1. The maximum absolute atomic E-state index is 12.4. The van der Waals surface area contributed by atoms with Crippen molar-refractivity contribution in [2.24, 2.45) is 4.99 Å². The van der Waals surface area contributed by atoms with Crippen molar-refractivity contribution >= 4 is 46.2 Å². The van der Waals surface area contributed by atoms with Gasteiger partial charge in [0, 0.05) is 7.05 Å². The molecule has 2 aromatic rings. The minimum absolute atomic E-state index is 0.00749. The number of methoxy groups -OCH3 is 1. The standard InChI is InChI=1S/C18H15ClN2O3S/c1-21-17(23)16(10-11-3-8-15(22)14(19)9-11)25-18(21)20-12-4-6-13(24-2)7-5-12/h3-10,22H,1-2H3/b16-10+,20-18?. The summed E-state index contributed by atoms with van der Waals surface area (Å²) in [6.45, 7) is 0. The fourth-order valence-electron chi connectivity index (χ4n) is 2.18. The predicted octanol–water partition coefficient (Wildman–Crippen LogP) is 4.29. The van der Waals surface area contributed by atoms with Crippen molar-refractivity contribution in [1.82, 2.24) is 4.90 Å². The molecule has 2 aromatic carbocycles. The number of ether oxygens (including phenoxy) is 1. The molecule has 1 fully saturated rings. The van der Waals surface area contributed by atoms with Crippen LogP contribution in [-0.4, -0.2) is 35.2 Å². The van der Waals surface area contributed by atoms with E-state index in [1.54, 1.807) is 32.4 Å². The van der Waals surface area contributed by atoms with Crippen LogP contribution in [0, 0.1) is 0 Å². The first kappa shape index (κ1) is 17.4. The zero-order valence-electron chi connectivity index (χ0n) is 13.6. The van der Waals surface area contributed by atoms with Gasteiger partial charge in [-0.3, -0.25) is 9.69 Å². The van der Waals surface area contributed by atoms with Gasteiger partial charge in [0.25, 0.3) is 5.91 Å². The van der Waals surface area contributed by atoms with Crippen LogP contribution < -0.4 is 4.74 Å². The number of carbonyl (C=O) groups is 1. The second kappa shape index (κ2) is 7.21. The van der Waals surface area contributed by atoms with Gasteiger partial charge in [0.1, 0.15) is 11.5 Å². The van der Waals surface area contributed by atoms with Crippen LogP contribution in [0.5, 0.6) is 11.5 Å². The number of phenolic OH excluding ortho intramolecular Hbond substituents is 1. The summed E-state index contributed by atoms with van der Waals surface area (Å²) >= 11 is 7.20. The zero-order valence-corrected chi connectivity index (χ0v) is 15.1. The summed E-state index contributed by atoms with van der Waals surface area (Å²) in [6.07, 6.45) is 1.73. The van der Waals surface area contributed by atoms with Crippen LogP contribution in [-0.2, 0) is 4.79 Å². The molecule has 0 radical (unpaired) electrons. The quantitative estimate of drug-likeness (QED) is 0.814. The van der Waals surface area contributed by atoms with E-state index in [9.17, 15) is 9.90 Å². The summed E-state index contributed by atoms with van der Waals surface area (Å²) in [6, 6.07) is 12.1. The molecular formula is C18H15ClN2O3S. The smallest absolute Gasteiger partial charge is 0.266 e. The Morgan fingerprint density at radius 2 is 1.96 bits per heavy atom. The van der Waals surface area contributed by atoms with Crippen molar-refractivity contribution in [3.05, 3.63) is 58.0 Å². The van der Waals surface area contributed by atoms with Gasteiger partial charge >= 0.3 is 0 Å². The molecule has 0 spiro atoms. The average Bonchev–Trinajstić information content (AvgIpc) is 2.87. The summed E-state index contributed by atoms with van der Waals surface area (Å²) in [4.78, 5) is 19.0. The fraction of sp³-hybridized carbons (Fsp3) is 0.111. The summed E-state index contributed by atoms with van der Waals surface area (Å²) < 4.78 is 5.12. The molecule has 128 valence electrons. The number of aromatic hydroxyl groups is 1. The van der Waals surface area contributed by atoms with E-state index < -0.39 is 0 Å². The molecule has 1 amide bonds. The SMILES string of the molecule is COc1ccc(N=C2S/C(=C/c3ccc(O)c(Cl)c3)C(=O)N2C)cc1. The second-order valence-electron chi connectivity index (χ2n) is 5.28. The number of halogens is 1. The van der Waals surface area contributed by atoms with Crippen molar-refractivity contribution in [2.75, 3.05) is 14.2 Å². The van der Waals surface area contributed by atoms with Gasteiger partial charge in [-0.15, -0.1) is 0 Å². The predicted molar refractivity (Wildman–Crippen MR) is 102 cm³/mol. The number of phenols is 1. The third-order valence-corrected chi connectivity index (χ3v) is 4.93. The summed E-state index contributed by atoms with van der Waals surface area (Å²) in [7, 11) is 3.29. The Balaban J connectivity index is 1.87. The van der Waals surface area contributed by atoms with Gasteiger partial charge in [-0.25, -0.2) is 4.99 Å². The number of thioether (sulfide) groups is 1. The Labute approximate surface area is 154 Å². The number of amidine groups is 1. The molecule has 1 N–H and O–H groups in total. The van der Waals surface area contributed by atoms with Gasteiger partial charge in [0.15, 0.2) is 5.17 Å². The van der Waals surface area contributed by atoms with E-state index in [1.165, 1.54) is 22.7 Å². The highest BCUT2D eigenvalue weighted by atomic mass is 35.5. The lowest BCUT2D eigenvalue weighted by Crippen LogP contribution is -2.23. The Morgan fingerprint density at radius 3 is 2.60 bits per heavy atom. The molecule has 1 heterocycles. The van der Waals surface area contributed by atoms with E-state index in [0.717, 1.165) is 17.0 Å². The summed E-state index contributed by atoms with van der Waals surface area (Å²) in [5.74, 6) is 0.617. The number of amides is 1. The van der Waals surface area contributed by atoms with Crippen LogP contribution in [0.3, 0.4) is 0 Å². The number of carbonyl (C=O) groups excluding carboxylic acids is 1. The Kier molecular flexibility index (Phi) is 5.01. The number of aliphatic imine (C=N–C) groups is 1. The third kappa shape index (κ3) is 3.81. The Hall–Kier alpha value is -2.44. The van der Waals surface area contributed by atoms with Crippen molar-refractivity contribution < 1.29 is 14.6 Å². The van der Waals surface area contributed by atoms with Crippen molar-refractivity contribution in [3.63, 3.8) is 0 Å². The van der Waals surface area contributed by atoms with Gasteiger partial charge in [0.05, 0.1) is 22.7 Å². The number of rotatable bonds is 3. The number of hydrogen-bond donors (Lipinski definition) is 1. The molecule has 3 rings (SSSR count). The molecule has 1 saturated heterocycles. The Bertz CT molecular complexity index is 878. The van der Waals surface area contributed by atoms with Crippen LogP contribution in [0.25, 0.3) is 6.08 Å². The topological polar surface area (TPSA) is 62.1 Å². The molecule has 0 atom stereocenters. The number of hydrogen-bond acceptors (Lipinski definition) is 5. The average molecular weight is 375 g/mol. The lowest BCUT2D eigenvalue weighted by Gasteiger charge is -2.07. The van der Waals surface area contributed by atoms with E-state index in [4.69, 9.17) is 16.3 Å². The first-order chi connectivity index (χ1) is 12.0. The van der Waals surface area contributed by atoms with Crippen molar-refractivity contribution in [1.29, 1.82) is 0 Å². The first-order valence-corrected chi connectivity index (χ1v) is 8.56. The van der Waals surface area contributed by atoms with Crippen LogP contribution >= 0.6 is 23.4 Å². The highest BCUT2D eigenvalue weighted by Gasteiger charge is 2.30. The number of benzene rings is 2. The van der Waals surface area contributed by atoms with Gasteiger partial charge in [0.2, 0.25) is 0 Å². The highest BCUT2D eigenvalue weighted by Crippen LogP contribution is 2.34. The van der Waals surface area contributed by atoms with E-state index in [-0.39, 0.29) is 16.7 Å². The van der Waals surface area contributed by atoms with Gasteiger partial charge < -0.3 is 9.84 Å². The maximum Gasteiger partial charge on any atom is 0.266 e. The summed E-state index contributed by atoms with van der Waals surface area (Å²) in [5, 5.41) is 10.3. The van der Waals surface area contributed by atoms with Crippen molar-refractivity contribution in [2.45, 2.75) is 0 Å².